The van der Waals surface area contributed by atoms with Crippen LogP contribution in [-0.2, 0) is 4.74 Å². The first-order valence-corrected chi connectivity index (χ1v) is 12.1. The number of rotatable bonds is 6. The van der Waals surface area contributed by atoms with Crippen LogP contribution in [0.1, 0.15) is 73.0 Å². The third kappa shape index (κ3) is 5.56. The molecule has 0 aliphatic rings. The summed E-state index contributed by atoms with van der Waals surface area (Å²) in [6, 6.07) is 10.8. The monoisotopic (exact) mass is 521 g/mol. The minimum atomic E-state index is -2.76. The normalized spacial score (nSPS) is 12.6. The number of ether oxygens (including phenoxy) is 1. The fourth-order valence-corrected chi connectivity index (χ4v) is 4.15. The van der Waals surface area contributed by atoms with Crippen molar-refractivity contribution >= 4 is 22.6 Å². The van der Waals surface area contributed by atoms with Crippen LogP contribution >= 0.6 is 0 Å². The molecule has 0 fully saturated rings. The second-order valence-electron chi connectivity index (χ2n) is 10.1. The molecule has 0 saturated carbocycles. The Kier molecular flexibility index (Phi) is 7.31. The fraction of sp³-hybridized carbons (Fsp3) is 0.310. The van der Waals surface area contributed by atoms with Crippen LogP contribution in [0.5, 0.6) is 0 Å². The van der Waals surface area contributed by atoms with E-state index in [1.165, 1.54) is 24.4 Å². The number of fused-ring (bicyclic) bond motifs is 1. The van der Waals surface area contributed by atoms with Gasteiger partial charge < -0.3 is 14.5 Å². The van der Waals surface area contributed by atoms with Gasteiger partial charge in [0, 0.05) is 17.3 Å². The standard InChI is InChI=1S/C29H29F2N3O4/c1-15-13-18(17(3)33-20-11-8-12-32-23(20)28(36)38-29(4,5)6)26-19(14-15)24(35)16(2)25(37-26)21-9-7-10-22(34-21)27(30)31/h7-14,17,27,33H,1-6H3/t17-/m1/s1. The van der Waals surface area contributed by atoms with Crippen molar-refractivity contribution in [3.63, 3.8) is 0 Å². The van der Waals surface area contributed by atoms with Crippen LogP contribution in [-0.4, -0.2) is 21.5 Å². The SMILES string of the molecule is Cc1cc([C@@H](C)Nc2cccnc2C(=O)OC(C)(C)C)c2oc(-c3cccc(C(F)F)n3)c(C)c(=O)c2c1. The van der Waals surface area contributed by atoms with Crippen LogP contribution < -0.4 is 10.7 Å². The van der Waals surface area contributed by atoms with Crippen molar-refractivity contribution in [1.29, 1.82) is 0 Å². The van der Waals surface area contributed by atoms with E-state index in [1.54, 1.807) is 45.9 Å². The molecule has 0 aliphatic carbocycles. The van der Waals surface area contributed by atoms with Gasteiger partial charge in [-0.15, -0.1) is 0 Å². The summed E-state index contributed by atoms with van der Waals surface area (Å²) >= 11 is 0. The van der Waals surface area contributed by atoms with Gasteiger partial charge >= 0.3 is 5.97 Å². The summed E-state index contributed by atoms with van der Waals surface area (Å²) in [7, 11) is 0. The maximum Gasteiger partial charge on any atom is 0.359 e. The van der Waals surface area contributed by atoms with Crippen molar-refractivity contribution in [1.82, 2.24) is 9.97 Å². The smallest absolute Gasteiger partial charge is 0.359 e. The summed E-state index contributed by atoms with van der Waals surface area (Å²) in [4.78, 5) is 34.4. The zero-order chi connectivity index (χ0) is 27.8. The number of carbonyl (C=O) groups excluding carboxylic acids is 1. The van der Waals surface area contributed by atoms with Gasteiger partial charge in [-0.05, 0) is 77.4 Å². The molecule has 4 rings (SSSR count). The molecular formula is C29H29F2N3O4. The Morgan fingerprint density at radius 3 is 2.53 bits per heavy atom. The molecule has 0 saturated heterocycles. The summed E-state index contributed by atoms with van der Waals surface area (Å²) in [6.45, 7) is 10.6. The number of aromatic nitrogens is 2. The lowest BCUT2D eigenvalue weighted by Gasteiger charge is -2.22. The number of carbonyl (C=O) groups is 1. The van der Waals surface area contributed by atoms with E-state index in [1.807, 2.05) is 19.9 Å². The Bertz CT molecular complexity index is 1570. The highest BCUT2D eigenvalue weighted by atomic mass is 19.3. The summed E-state index contributed by atoms with van der Waals surface area (Å²) in [6.07, 6.45) is -1.25. The molecule has 3 heterocycles. The van der Waals surface area contributed by atoms with Crippen molar-refractivity contribution in [2.75, 3.05) is 5.32 Å². The van der Waals surface area contributed by atoms with E-state index in [0.29, 0.717) is 22.2 Å². The van der Waals surface area contributed by atoms with Gasteiger partial charge in [-0.3, -0.25) is 4.79 Å². The number of halogens is 2. The van der Waals surface area contributed by atoms with Crippen molar-refractivity contribution < 1.29 is 22.7 Å². The lowest BCUT2D eigenvalue weighted by Crippen LogP contribution is -2.25. The zero-order valence-electron chi connectivity index (χ0n) is 22.1. The summed E-state index contributed by atoms with van der Waals surface area (Å²) < 4.78 is 38.3. The number of esters is 1. The Morgan fingerprint density at radius 2 is 1.84 bits per heavy atom. The van der Waals surface area contributed by atoms with E-state index < -0.39 is 29.7 Å². The topological polar surface area (TPSA) is 94.3 Å². The molecule has 1 N–H and O–H groups in total. The van der Waals surface area contributed by atoms with E-state index in [-0.39, 0.29) is 28.1 Å². The van der Waals surface area contributed by atoms with E-state index >= 15 is 0 Å². The molecule has 0 amide bonds. The van der Waals surface area contributed by atoms with Gasteiger partial charge in [0.1, 0.15) is 22.6 Å². The summed E-state index contributed by atoms with van der Waals surface area (Å²) in [5.41, 5.74) is 1.37. The number of alkyl halides is 2. The van der Waals surface area contributed by atoms with Crippen molar-refractivity contribution in [3.05, 3.63) is 87.0 Å². The number of aryl methyl sites for hydroxylation is 1. The molecule has 7 nitrogen and oxygen atoms in total. The van der Waals surface area contributed by atoms with Crippen molar-refractivity contribution in [3.8, 4) is 11.5 Å². The Hall–Kier alpha value is -4.14. The van der Waals surface area contributed by atoms with Crippen LogP contribution in [0, 0.1) is 13.8 Å². The molecule has 0 bridgehead atoms. The highest BCUT2D eigenvalue weighted by Crippen LogP contribution is 2.33. The van der Waals surface area contributed by atoms with E-state index in [2.05, 4.69) is 15.3 Å². The molecule has 3 aromatic heterocycles. The molecule has 0 radical (unpaired) electrons. The molecule has 0 spiro atoms. The van der Waals surface area contributed by atoms with Gasteiger partial charge in [-0.25, -0.2) is 23.5 Å². The minimum Gasteiger partial charge on any atom is -0.455 e. The van der Waals surface area contributed by atoms with E-state index in [9.17, 15) is 18.4 Å². The molecular weight excluding hydrogens is 492 g/mol. The Morgan fingerprint density at radius 1 is 1.11 bits per heavy atom. The molecule has 1 atom stereocenters. The number of hydrogen-bond acceptors (Lipinski definition) is 7. The van der Waals surface area contributed by atoms with E-state index in [0.717, 1.165) is 5.56 Å². The highest BCUT2D eigenvalue weighted by Gasteiger charge is 2.24. The number of nitrogens with zero attached hydrogens (tertiary/aromatic N) is 2. The Balaban J connectivity index is 1.82. The highest BCUT2D eigenvalue weighted by molar-refractivity contribution is 5.94. The van der Waals surface area contributed by atoms with Crippen LogP contribution in [0.25, 0.3) is 22.4 Å². The summed E-state index contributed by atoms with van der Waals surface area (Å²) in [5, 5.41) is 3.65. The van der Waals surface area contributed by atoms with Gasteiger partial charge in [0.15, 0.2) is 16.9 Å². The van der Waals surface area contributed by atoms with Gasteiger partial charge in [-0.2, -0.15) is 0 Å². The van der Waals surface area contributed by atoms with Gasteiger partial charge in [-0.1, -0.05) is 12.1 Å². The number of pyridine rings is 2. The van der Waals surface area contributed by atoms with Crippen molar-refractivity contribution in [2.45, 2.75) is 59.6 Å². The Labute approximate surface area is 218 Å². The first kappa shape index (κ1) is 26.9. The molecule has 198 valence electrons. The molecule has 4 aromatic rings. The quantitative estimate of drug-likeness (QED) is 0.275. The maximum absolute atomic E-state index is 13.4. The number of nitrogens with one attached hydrogen (secondary N) is 1. The first-order chi connectivity index (χ1) is 17.9. The third-order valence-electron chi connectivity index (χ3n) is 5.86. The van der Waals surface area contributed by atoms with Crippen LogP contribution in [0.2, 0.25) is 0 Å². The van der Waals surface area contributed by atoms with Crippen molar-refractivity contribution in [2.24, 2.45) is 0 Å². The second-order valence-corrected chi connectivity index (χ2v) is 10.1. The van der Waals surface area contributed by atoms with E-state index in [4.69, 9.17) is 9.15 Å². The zero-order valence-corrected chi connectivity index (χ0v) is 22.1. The maximum atomic E-state index is 13.4. The average Bonchev–Trinajstić information content (AvgIpc) is 2.85. The molecule has 9 heteroatoms. The minimum absolute atomic E-state index is 0.122. The van der Waals surface area contributed by atoms with Crippen LogP contribution in [0.4, 0.5) is 14.5 Å². The molecule has 0 unspecified atom stereocenters. The third-order valence-corrected chi connectivity index (χ3v) is 5.86. The average molecular weight is 522 g/mol. The van der Waals surface area contributed by atoms with Crippen LogP contribution in [0.3, 0.4) is 0 Å². The number of benzene rings is 1. The lowest BCUT2D eigenvalue weighted by atomic mass is 9.99. The lowest BCUT2D eigenvalue weighted by molar-refractivity contribution is 0.00640. The number of hydrogen-bond donors (Lipinski definition) is 1. The summed E-state index contributed by atoms with van der Waals surface area (Å²) in [5.74, 6) is -0.450. The first-order valence-electron chi connectivity index (χ1n) is 12.1. The molecule has 0 aliphatic heterocycles. The molecule has 38 heavy (non-hydrogen) atoms. The van der Waals surface area contributed by atoms with Gasteiger partial charge in [0.25, 0.3) is 6.43 Å². The predicted molar refractivity (Wildman–Crippen MR) is 142 cm³/mol. The molecule has 1 aromatic carbocycles. The largest absolute Gasteiger partial charge is 0.455 e. The predicted octanol–water partition coefficient (Wildman–Crippen LogP) is 6.93. The van der Waals surface area contributed by atoms with Gasteiger partial charge in [0.05, 0.1) is 17.1 Å². The van der Waals surface area contributed by atoms with Crippen LogP contribution in [0.15, 0.2) is 57.9 Å². The fourth-order valence-electron chi connectivity index (χ4n) is 4.15. The second kappa shape index (κ2) is 10.3. The van der Waals surface area contributed by atoms with Gasteiger partial charge in [0.2, 0.25) is 0 Å². The number of anilines is 1.